The van der Waals surface area contributed by atoms with Gasteiger partial charge in [-0.25, -0.2) is 9.48 Å². The Hall–Kier alpha value is -1.86. The Balaban J connectivity index is 1.73. The molecule has 0 saturated carbocycles. The highest BCUT2D eigenvalue weighted by Crippen LogP contribution is 2.16. The zero-order chi connectivity index (χ0) is 16.1. The van der Waals surface area contributed by atoms with E-state index >= 15 is 0 Å². The molecule has 1 aliphatic rings. The normalized spacial score (nSPS) is 17.6. The topological polar surface area (TPSA) is 85.2 Å². The van der Waals surface area contributed by atoms with Crippen LogP contribution in [0.25, 0.3) is 0 Å². The molecule has 1 N–H and O–H groups in total. The monoisotopic (exact) mass is 310 g/mol. The molecular formula is C14H26N6O2. The number of rotatable bonds is 5. The number of amides is 1. The van der Waals surface area contributed by atoms with Gasteiger partial charge < -0.3 is 15.0 Å². The van der Waals surface area contributed by atoms with Crippen LogP contribution in [-0.4, -0.2) is 51.5 Å². The maximum atomic E-state index is 11.9. The van der Waals surface area contributed by atoms with Crippen molar-refractivity contribution in [2.45, 2.75) is 52.2 Å². The van der Waals surface area contributed by atoms with Crippen LogP contribution in [0, 0.1) is 5.92 Å². The van der Waals surface area contributed by atoms with Crippen molar-refractivity contribution in [3.63, 3.8) is 0 Å². The van der Waals surface area contributed by atoms with E-state index in [1.165, 1.54) is 0 Å². The van der Waals surface area contributed by atoms with Gasteiger partial charge in [-0.2, -0.15) is 0 Å². The van der Waals surface area contributed by atoms with E-state index in [9.17, 15) is 4.79 Å². The summed E-state index contributed by atoms with van der Waals surface area (Å²) in [5.41, 5.74) is 0. The van der Waals surface area contributed by atoms with E-state index in [0.29, 0.717) is 5.92 Å². The van der Waals surface area contributed by atoms with Crippen LogP contribution in [0.15, 0.2) is 0 Å². The molecule has 124 valence electrons. The molecule has 2 rings (SSSR count). The first kappa shape index (κ1) is 16.5. The molecule has 1 aliphatic heterocycles. The first-order chi connectivity index (χ1) is 10.5. The quantitative estimate of drug-likeness (QED) is 0.883. The maximum Gasteiger partial charge on any atom is 0.407 e. The van der Waals surface area contributed by atoms with E-state index < -0.39 is 0 Å². The molecular weight excluding hydrogens is 284 g/mol. The molecule has 1 saturated heterocycles. The molecule has 8 heteroatoms. The van der Waals surface area contributed by atoms with Gasteiger partial charge >= 0.3 is 6.09 Å². The fraction of sp³-hybridized carbons (Fsp3) is 0.857. The summed E-state index contributed by atoms with van der Waals surface area (Å²) in [6.45, 7) is 7.81. The molecule has 0 aliphatic carbocycles. The molecule has 0 radical (unpaired) electrons. The lowest BCUT2D eigenvalue weighted by molar-refractivity contribution is 0.0913. The molecule has 1 aromatic heterocycles. The minimum atomic E-state index is -0.313. The van der Waals surface area contributed by atoms with Crippen molar-refractivity contribution >= 4 is 12.0 Å². The van der Waals surface area contributed by atoms with Gasteiger partial charge in [0.2, 0.25) is 5.95 Å². The van der Waals surface area contributed by atoms with E-state index in [2.05, 4.69) is 39.6 Å². The standard InChI is InChI=1S/C14H26N6O2/c1-10(2)9-11(3)22-14(21)15-12-5-7-20(8-6-12)13-16-17-18-19(13)4/h10-12H,5-9H2,1-4H3,(H,15,21)/t11-/m1/s1. The molecule has 1 fully saturated rings. The van der Waals surface area contributed by atoms with Crippen molar-refractivity contribution in [1.82, 2.24) is 25.5 Å². The Morgan fingerprint density at radius 1 is 1.36 bits per heavy atom. The van der Waals surface area contributed by atoms with Crippen molar-refractivity contribution < 1.29 is 9.53 Å². The van der Waals surface area contributed by atoms with Crippen molar-refractivity contribution in [1.29, 1.82) is 0 Å². The molecule has 8 nitrogen and oxygen atoms in total. The molecule has 2 heterocycles. The van der Waals surface area contributed by atoms with Crippen LogP contribution in [0.4, 0.5) is 10.7 Å². The lowest BCUT2D eigenvalue weighted by Crippen LogP contribution is -2.46. The van der Waals surface area contributed by atoms with E-state index in [1.807, 2.05) is 14.0 Å². The number of nitrogens with zero attached hydrogens (tertiary/aromatic N) is 5. The smallest absolute Gasteiger partial charge is 0.407 e. The van der Waals surface area contributed by atoms with Crippen LogP contribution < -0.4 is 10.2 Å². The number of carbonyl (C=O) groups is 1. The summed E-state index contributed by atoms with van der Waals surface area (Å²) < 4.78 is 7.04. The van der Waals surface area contributed by atoms with Crippen LogP contribution in [-0.2, 0) is 11.8 Å². The lowest BCUT2D eigenvalue weighted by Gasteiger charge is -2.32. The Morgan fingerprint density at radius 3 is 2.59 bits per heavy atom. The van der Waals surface area contributed by atoms with E-state index in [4.69, 9.17) is 4.74 Å². The van der Waals surface area contributed by atoms with E-state index in [0.717, 1.165) is 38.3 Å². The molecule has 0 unspecified atom stereocenters. The number of tetrazole rings is 1. The van der Waals surface area contributed by atoms with Gasteiger partial charge in [-0.1, -0.05) is 18.9 Å². The van der Waals surface area contributed by atoms with Gasteiger partial charge in [0.1, 0.15) is 6.10 Å². The fourth-order valence-electron chi connectivity index (χ4n) is 2.81. The average molecular weight is 310 g/mol. The predicted molar refractivity (Wildman–Crippen MR) is 82.6 cm³/mol. The van der Waals surface area contributed by atoms with Gasteiger partial charge in [0.05, 0.1) is 0 Å². The van der Waals surface area contributed by atoms with Crippen LogP contribution in [0.2, 0.25) is 0 Å². The molecule has 0 spiro atoms. The third kappa shape index (κ3) is 4.57. The number of alkyl carbamates (subject to hydrolysis) is 1. The Morgan fingerprint density at radius 2 is 2.05 bits per heavy atom. The van der Waals surface area contributed by atoms with Gasteiger partial charge in [-0.15, -0.1) is 0 Å². The minimum absolute atomic E-state index is 0.0511. The third-order valence-corrected chi connectivity index (χ3v) is 3.81. The largest absolute Gasteiger partial charge is 0.447 e. The molecule has 1 amide bonds. The fourth-order valence-corrected chi connectivity index (χ4v) is 2.81. The number of nitrogens with one attached hydrogen (secondary N) is 1. The number of hydrogen-bond acceptors (Lipinski definition) is 6. The van der Waals surface area contributed by atoms with Gasteiger partial charge in [0, 0.05) is 26.2 Å². The van der Waals surface area contributed by atoms with Crippen LogP contribution in [0.3, 0.4) is 0 Å². The van der Waals surface area contributed by atoms with Gasteiger partial charge in [0.25, 0.3) is 0 Å². The predicted octanol–water partition coefficient (Wildman–Crippen LogP) is 1.34. The van der Waals surface area contributed by atoms with Gasteiger partial charge in [-0.05, 0) is 42.5 Å². The Labute approximate surface area is 131 Å². The van der Waals surface area contributed by atoms with Crippen molar-refractivity contribution in [3.05, 3.63) is 0 Å². The molecule has 0 aromatic carbocycles. The highest BCUT2D eigenvalue weighted by Gasteiger charge is 2.24. The summed E-state index contributed by atoms with van der Waals surface area (Å²) in [6.07, 6.45) is 2.24. The summed E-state index contributed by atoms with van der Waals surface area (Å²) in [5, 5.41) is 14.5. The number of hydrogen-bond donors (Lipinski definition) is 1. The average Bonchev–Trinajstić information content (AvgIpc) is 2.84. The maximum absolute atomic E-state index is 11.9. The van der Waals surface area contributed by atoms with Crippen molar-refractivity contribution in [2.24, 2.45) is 13.0 Å². The number of carbonyl (C=O) groups excluding carboxylic acids is 1. The first-order valence-electron chi connectivity index (χ1n) is 7.90. The van der Waals surface area contributed by atoms with E-state index in [1.54, 1.807) is 4.68 Å². The zero-order valence-electron chi connectivity index (χ0n) is 13.8. The lowest BCUT2D eigenvalue weighted by atomic mass is 10.1. The highest BCUT2D eigenvalue weighted by atomic mass is 16.6. The first-order valence-corrected chi connectivity index (χ1v) is 7.90. The SMILES string of the molecule is CC(C)C[C@@H](C)OC(=O)NC1CCN(c2nnnn2C)CC1. The van der Waals surface area contributed by atoms with Gasteiger partial charge in [-0.3, -0.25) is 0 Å². The minimum Gasteiger partial charge on any atom is -0.447 e. The summed E-state index contributed by atoms with van der Waals surface area (Å²) in [6, 6.07) is 0.149. The van der Waals surface area contributed by atoms with Crippen LogP contribution in [0.5, 0.6) is 0 Å². The number of aromatic nitrogens is 4. The second kappa shape index (κ2) is 7.42. The molecule has 0 bridgehead atoms. The summed E-state index contributed by atoms with van der Waals surface area (Å²) >= 11 is 0. The summed E-state index contributed by atoms with van der Waals surface area (Å²) in [4.78, 5) is 14.0. The second-order valence-electron chi connectivity index (χ2n) is 6.35. The van der Waals surface area contributed by atoms with Crippen molar-refractivity contribution in [3.8, 4) is 0 Å². The summed E-state index contributed by atoms with van der Waals surface area (Å²) in [7, 11) is 1.83. The zero-order valence-corrected chi connectivity index (χ0v) is 13.8. The Kier molecular flexibility index (Phi) is 5.57. The second-order valence-corrected chi connectivity index (χ2v) is 6.35. The third-order valence-electron chi connectivity index (χ3n) is 3.81. The summed E-state index contributed by atoms with van der Waals surface area (Å²) in [5.74, 6) is 1.29. The number of ether oxygens (including phenoxy) is 1. The highest BCUT2D eigenvalue weighted by molar-refractivity contribution is 5.67. The molecule has 1 atom stereocenters. The van der Waals surface area contributed by atoms with E-state index in [-0.39, 0.29) is 18.2 Å². The number of piperidine rings is 1. The Bertz CT molecular complexity index is 481. The number of anilines is 1. The molecule has 1 aromatic rings. The molecule has 22 heavy (non-hydrogen) atoms. The van der Waals surface area contributed by atoms with Crippen LogP contribution in [0.1, 0.15) is 40.0 Å². The number of aryl methyl sites for hydroxylation is 1. The van der Waals surface area contributed by atoms with Gasteiger partial charge in [0.15, 0.2) is 0 Å². The van der Waals surface area contributed by atoms with Crippen molar-refractivity contribution in [2.75, 3.05) is 18.0 Å². The van der Waals surface area contributed by atoms with Crippen LogP contribution >= 0.6 is 0 Å².